The van der Waals surface area contributed by atoms with Gasteiger partial charge in [0.25, 0.3) is 0 Å². The van der Waals surface area contributed by atoms with Crippen LogP contribution in [0.4, 0.5) is 0 Å². The predicted octanol–water partition coefficient (Wildman–Crippen LogP) is -0.0775. The number of aliphatic carboxylic acids is 1. The summed E-state index contributed by atoms with van der Waals surface area (Å²) in [5.41, 5.74) is 0.911. The molecule has 1 aliphatic rings. The van der Waals surface area contributed by atoms with E-state index < -0.39 is 5.97 Å². The molecule has 1 rings (SSSR count). The van der Waals surface area contributed by atoms with Crippen LogP contribution in [0, 0.1) is 0 Å². The smallest absolute Gasteiger partial charge is 0.328 e. The SMILES string of the molecule is CC(=CC(=O)O)CN1CCNCC1. The van der Waals surface area contributed by atoms with E-state index in [9.17, 15) is 4.79 Å². The van der Waals surface area contributed by atoms with Gasteiger partial charge >= 0.3 is 5.97 Å². The molecule has 0 aromatic carbocycles. The highest BCUT2D eigenvalue weighted by atomic mass is 16.4. The number of hydrogen-bond donors (Lipinski definition) is 2. The molecular weight excluding hydrogens is 168 g/mol. The zero-order chi connectivity index (χ0) is 9.68. The number of carboxylic acid groups (broad SMARTS) is 1. The van der Waals surface area contributed by atoms with E-state index in [2.05, 4.69) is 10.2 Å². The Morgan fingerprint density at radius 2 is 2.15 bits per heavy atom. The molecule has 1 aliphatic heterocycles. The van der Waals surface area contributed by atoms with Crippen LogP contribution in [0.5, 0.6) is 0 Å². The van der Waals surface area contributed by atoms with Crippen LogP contribution in [0.15, 0.2) is 11.6 Å². The zero-order valence-corrected chi connectivity index (χ0v) is 7.92. The minimum absolute atomic E-state index is 0.772. The average molecular weight is 184 g/mol. The molecule has 2 N–H and O–H groups in total. The highest BCUT2D eigenvalue weighted by Crippen LogP contribution is 1.99. The summed E-state index contributed by atoms with van der Waals surface area (Å²) >= 11 is 0. The molecule has 0 aromatic rings. The number of rotatable bonds is 3. The molecule has 0 spiro atoms. The maximum atomic E-state index is 10.3. The molecule has 74 valence electrons. The van der Waals surface area contributed by atoms with Crippen LogP contribution in [-0.4, -0.2) is 48.7 Å². The van der Waals surface area contributed by atoms with Crippen LogP contribution < -0.4 is 5.32 Å². The number of piperazine rings is 1. The van der Waals surface area contributed by atoms with Crippen molar-refractivity contribution in [2.24, 2.45) is 0 Å². The summed E-state index contributed by atoms with van der Waals surface area (Å²) in [7, 11) is 0. The first-order valence-electron chi connectivity index (χ1n) is 4.51. The molecule has 1 fully saturated rings. The van der Waals surface area contributed by atoms with Gasteiger partial charge in [0.15, 0.2) is 0 Å². The zero-order valence-electron chi connectivity index (χ0n) is 7.92. The normalized spacial score (nSPS) is 20.2. The molecule has 0 amide bonds. The van der Waals surface area contributed by atoms with Crippen LogP contribution in [0.3, 0.4) is 0 Å². The second kappa shape index (κ2) is 4.99. The van der Waals surface area contributed by atoms with Crippen molar-refractivity contribution in [3.8, 4) is 0 Å². The standard InChI is InChI=1S/C9H16N2O2/c1-8(6-9(12)13)7-11-4-2-10-3-5-11/h6,10H,2-5,7H2,1H3,(H,12,13). The third-order valence-corrected chi connectivity index (χ3v) is 2.05. The molecular formula is C9H16N2O2. The topological polar surface area (TPSA) is 52.6 Å². The molecule has 0 radical (unpaired) electrons. The fourth-order valence-corrected chi connectivity index (χ4v) is 1.48. The van der Waals surface area contributed by atoms with Gasteiger partial charge in [0, 0.05) is 38.8 Å². The lowest BCUT2D eigenvalue weighted by atomic mass is 10.2. The maximum Gasteiger partial charge on any atom is 0.328 e. The molecule has 0 saturated carbocycles. The lowest BCUT2D eigenvalue weighted by Gasteiger charge is -2.27. The Morgan fingerprint density at radius 3 is 2.69 bits per heavy atom. The van der Waals surface area contributed by atoms with Crippen LogP contribution >= 0.6 is 0 Å². The highest BCUT2D eigenvalue weighted by Gasteiger charge is 2.09. The number of nitrogens with zero attached hydrogens (tertiary/aromatic N) is 1. The number of carboxylic acids is 1. The Morgan fingerprint density at radius 1 is 1.54 bits per heavy atom. The van der Waals surface area contributed by atoms with Crippen LogP contribution in [-0.2, 0) is 4.79 Å². The van der Waals surface area contributed by atoms with Crippen molar-refractivity contribution in [3.63, 3.8) is 0 Å². The summed E-state index contributed by atoms with van der Waals surface area (Å²) < 4.78 is 0. The summed E-state index contributed by atoms with van der Waals surface area (Å²) in [6.07, 6.45) is 1.28. The minimum Gasteiger partial charge on any atom is -0.478 e. The number of carbonyl (C=O) groups is 1. The third kappa shape index (κ3) is 4.05. The van der Waals surface area contributed by atoms with E-state index in [1.165, 1.54) is 6.08 Å². The summed E-state index contributed by atoms with van der Waals surface area (Å²) in [6.45, 7) is 6.64. The van der Waals surface area contributed by atoms with E-state index in [4.69, 9.17) is 5.11 Å². The molecule has 0 aromatic heterocycles. The van der Waals surface area contributed by atoms with Crippen LogP contribution in [0.2, 0.25) is 0 Å². The Kier molecular flexibility index (Phi) is 3.92. The van der Waals surface area contributed by atoms with E-state index in [-0.39, 0.29) is 0 Å². The van der Waals surface area contributed by atoms with Gasteiger partial charge in [-0.1, -0.05) is 5.57 Å². The first-order chi connectivity index (χ1) is 6.18. The summed E-state index contributed by atoms with van der Waals surface area (Å²) in [5, 5.41) is 11.8. The van der Waals surface area contributed by atoms with Gasteiger partial charge in [-0.2, -0.15) is 0 Å². The maximum absolute atomic E-state index is 10.3. The molecule has 0 bridgehead atoms. The van der Waals surface area contributed by atoms with E-state index in [1.807, 2.05) is 6.92 Å². The van der Waals surface area contributed by atoms with Gasteiger partial charge < -0.3 is 10.4 Å². The fourth-order valence-electron chi connectivity index (χ4n) is 1.48. The molecule has 0 unspecified atom stereocenters. The van der Waals surface area contributed by atoms with E-state index >= 15 is 0 Å². The van der Waals surface area contributed by atoms with Crippen molar-refractivity contribution in [2.45, 2.75) is 6.92 Å². The summed E-state index contributed by atoms with van der Waals surface area (Å²) in [6, 6.07) is 0. The highest BCUT2D eigenvalue weighted by molar-refractivity contribution is 5.80. The van der Waals surface area contributed by atoms with Gasteiger partial charge in [-0.15, -0.1) is 0 Å². The monoisotopic (exact) mass is 184 g/mol. The Balaban J connectivity index is 2.33. The van der Waals surface area contributed by atoms with Crippen LogP contribution in [0.1, 0.15) is 6.92 Å². The largest absolute Gasteiger partial charge is 0.478 e. The van der Waals surface area contributed by atoms with Crippen molar-refractivity contribution in [2.75, 3.05) is 32.7 Å². The van der Waals surface area contributed by atoms with E-state index in [1.54, 1.807) is 0 Å². The lowest BCUT2D eigenvalue weighted by Crippen LogP contribution is -2.44. The van der Waals surface area contributed by atoms with Crippen molar-refractivity contribution in [1.82, 2.24) is 10.2 Å². The number of hydrogen-bond acceptors (Lipinski definition) is 3. The quantitative estimate of drug-likeness (QED) is 0.602. The van der Waals surface area contributed by atoms with Crippen molar-refractivity contribution in [3.05, 3.63) is 11.6 Å². The Bertz CT molecular complexity index is 208. The van der Waals surface area contributed by atoms with E-state index in [0.29, 0.717) is 0 Å². The van der Waals surface area contributed by atoms with Gasteiger partial charge in [-0.3, -0.25) is 4.90 Å². The molecule has 4 nitrogen and oxygen atoms in total. The molecule has 13 heavy (non-hydrogen) atoms. The summed E-state index contributed by atoms with van der Waals surface area (Å²) in [4.78, 5) is 12.6. The van der Waals surface area contributed by atoms with Gasteiger partial charge in [-0.25, -0.2) is 4.79 Å². The van der Waals surface area contributed by atoms with Crippen molar-refractivity contribution >= 4 is 5.97 Å². The molecule has 0 atom stereocenters. The average Bonchev–Trinajstić information content (AvgIpc) is 2.04. The van der Waals surface area contributed by atoms with Gasteiger partial charge in [0.05, 0.1) is 0 Å². The summed E-state index contributed by atoms with van der Waals surface area (Å²) in [5.74, 6) is -0.854. The molecule has 1 saturated heterocycles. The minimum atomic E-state index is -0.854. The predicted molar refractivity (Wildman–Crippen MR) is 50.7 cm³/mol. The van der Waals surface area contributed by atoms with Crippen molar-refractivity contribution < 1.29 is 9.90 Å². The van der Waals surface area contributed by atoms with Gasteiger partial charge in [-0.05, 0) is 6.92 Å². The lowest BCUT2D eigenvalue weighted by molar-refractivity contribution is -0.131. The Hall–Kier alpha value is -0.870. The third-order valence-electron chi connectivity index (χ3n) is 2.05. The second-order valence-electron chi connectivity index (χ2n) is 3.36. The van der Waals surface area contributed by atoms with E-state index in [0.717, 1.165) is 38.3 Å². The first-order valence-corrected chi connectivity index (χ1v) is 4.51. The molecule has 4 heteroatoms. The Labute approximate surface area is 78.2 Å². The fraction of sp³-hybridized carbons (Fsp3) is 0.667. The number of nitrogens with one attached hydrogen (secondary N) is 1. The second-order valence-corrected chi connectivity index (χ2v) is 3.36. The van der Waals surface area contributed by atoms with Crippen molar-refractivity contribution in [1.29, 1.82) is 0 Å². The molecule has 1 heterocycles. The van der Waals surface area contributed by atoms with Crippen LogP contribution in [0.25, 0.3) is 0 Å². The first kappa shape index (κ1) is 10.2. The van der Waals surface area contributed by atoms with Gasteiger partial charge in [0.1, 0.15) is 0 Å². The molecule has 0 aliphatic carbocycles. The van der Waals surface area contributed by atoms with Gasteiger partial charge in [0.2, 0.25) is 0 Å².